The topological polar surface area (TPSA) is 33.2 Å². The van der Waals surface area contributed by atoms with E-state index in [1.165, 1.54) is 12.8 Å². The summed E-state index contributed by atoms with van der Waals surface area (Å²) < 4.78 is 0. The summed E-state index contributed by atoms with van der Waals surface area (Å²) in [5.41, 5.74) is 1.66. The van der Waals surface area contributed by atoms with Crippen molar-refractivity contribution in [3.63, 3.8) is 0 Å². The third-order valence-electron chi connectivity index (χ3n) is 3.94. The first-order valence-electron chi connectivity index (χ1n) is 6.88. The summed E-state index contributed by atoms with van der Waals surface area (Å²) in [4.78, 5) is 18.2. The van der Waals surface area contributed by atoms with Crippen LogP contribution >= 0.6 is 0 Å². The molecule has 1 aromatic heterocycles. The summed E-state index contributed by atoms with van der Waals surface area (Å²) in [6.45, 7) is 4.27. The van der Waals surface area contributed by atoms with Gasteiger partial charge in [-0.2, -0.15) is 0 Å². The second kappa shape index (κ2) is 5.00. The summed E-state index contributed by atoms with van der Waals surface area (Å²) in [7, 11) is 0. The van der Waals surface area contributed by atoms with Crippen LogP contribution in [0.5, 0.6) is 0 Å². The van der Waals surface area contributed by atoms with Crippen LogP contribution in [0.1, 0.15) is 30.1 Å². The summed E-state index contributed by atoms with van der Waals surface area (Å²) in [5.74, 6) is 1.62. The van der Waals surface area contributed by atoms with Gasteiger partial charge in [-0.05, 0) is 30.9 Å². The maximum absolute atomic E-state index is 11.3. The average molecular weight is 254 g/mol. The molecule has 1 aliphatic heterocycles. The highest BCUT2D eigenvalue weighted by atomic mass is 16.1. The third kappa shape index (κ3) is 2.33. The number of aromatic nitrogens is 1. The van der Waals surface area contributed by atoms with E-state index in [-0.39, 0.29) is 0 Å². The monoisotopic (exact) mass is 254 g/mol. The zero-order valence-corrected chi connectivity index (χ0v) is 11.2. The minimum atomic E-state index is 0.702. The molecular formula is C16H18N2O. The minimum absolute atomic E-state index is 0.702. The van der Waals surface area contributed by atoms with Crippen LogP contribution in [0.15, 0.2) is 30.3 Å². The summed E-state index contributed by atoms with van der Waals surface area (Å²) in [5, 5.41) is 1.03. The van der Waals surface area contributed by atoms with E-state index in [4.69, 9.17) is 0 Å². The van der Waals surface area contributed by atoms with E-state index in [2.05, 4.69) is 16.8 Å². The van der Waals surface area contributed by atoms with Crippen molar-refractivity contribution in [2.45, 2.75) is 19.8 Å². The van der Waals surface area contributed by atoms with Crippen molar-refractivity contribution in [3.8, 4) is 0 Å². The molecule has 1 aromatic carbocycles. The molecule has 1 aliphatic rings. The summed E-state index contributed by atoms with van der Waals surface area (Å²) >= 11 is 0. The number of para-hydroxylation sites is 1. The molecule has 3 heteroatoms. The first-order valence-corrected chi connectivity index (χ1v) is 6.88. The Kier molecular flexibility index (Phi) is 3.20. The van der Waals surface area contributed by atoms with Gasteiger partial charge in [0.15, 0.2) is 6.29 Å². The van der Waals surface area contributed by atoms with Gasteiger partial charge in [-0.3, -0.25) is 4.79 Å². The van der Waals surface area contributed by atoms with Gasteiger partial charge in [-0.25, -0.2) is 4.98 Å². The molecule has 2 heterocycles. The number of nitrogens with zero attached hydrogens (tertiary/aromatic N) is 2. The highest BCUT2D eigenvalue weighted by molar-refractivity contribution is 5.91. The Morgan fingerprint density at radius 1 is 1.26 bits per heavy atom. The number of pyridine rings is 1. The highest BCUT2D eigenvalue weighted by Crippen LogP contribution is 2.26. The van der Waals surface area contributed by atoms with E-state index < -0.39 is 0 Å². The molecule has 0 radical (unpaired) electrons. The van der Waals surface area contributed by atoms with Crippen molar-refractivity contribution in [1.82, 2.24) is 4.98 Å². The lowest BCUT2D eigenvalue weighted by molar-refractivity contribution is 0.112. The molecule has 0 amide bonds. The molecule has 2 aromatic rings. The lowest BCUT2D eigenvalue weighted by Gasteiger charge is -2.32. The van der Waals surface area contributed by atoms with Crippen molar-refractivity contribution in [2.75, 3.05) is 18.0 Å². The largest absolute Gasteiger partial charge is 0.356 e. The molecule has 3 nitrogen and oxygen atoms in total. The SMILES string of the molecule is CC1CCN(c2nc3ccccc3cc2C=O)CC1. The van der Waals surface area contributed by atoms with Crippen LogP contribution in [-0.4, -0.2) is 24.4 Å². The van der Waals surface area contributed by atoms with E-state index in [0.717, 1.165) is 42.0 Å². The number of carbonyl (C=O) groups excluding carboxylic acids is 1. The van der Waals surface area contributed by atoms with Gasteiger partial charge in [-0.1, -0.05) is 25.1 Å². The lowest BCUT2D eigenvalue weighted by Crippen LogP contribution is -2.34. The van der Waals surface area contributed by atoms with Gasteiger partial charge in [0.05, 0.1) is 11.1 Å². The van der Waals surface area contributed by atoms with Crippen molar-refractivity contribution in [2.24, 2.45) is 5.92 Å². The molecule has 3 rings (SSSR count). The Labute approximate surface area is 113 Å². The van der Waals surface area contributed by atoms with Crippen molar-refractivity contribution >= 4 is 23.0 Å². The first-order chi connectivity index (χ1) is 9.28. The zero-order chi connectivity index (χ0) is 13.2. The minimum Gasteiger partial charge on any atom is -0.356 e. The van der Waals surface area contributed by atoms with E-state index in [1.54, 1.807) is 0 Å². The molecule has 1 saturated heterocycles. The molecule has 0 bridgehead atoms. The number of benzene rings is 1. The molecule has 98 valence electrons. The van der Waals surface area contributed by atoms with Crippen molar-refractivity contribution in [1.29, 1.82) is 0 Å². The normalized spacial score (nSPS) is 16.8. The molecule has 0 unspecified atom stereocenters. The molecule has 0 saturated carbocycles. The first kappa shape index (κ1) is 12.2. The molecular weight excluding hydrogens is 236 g/mol. The van der Waals surface area contributed by atoms with Gasteiger partial charge < -0.3 is 4.90 Å². The van der Waals surface area contributed by atoms with E-state index >= 15 is 0 Å². The van der Waals surface area contributed by atoms with Crippen LogP contribution in [0.2, 0.25) is 0 Å². The number of anilines is 1. The Bertz CT molecular complexity index is 601. The van der Waals surface area contributed by atoms with E-state index in [9.17, 15) is 4.79 Å². The molecule has 0 N–H and O–H groups in total. The second-order valence-corrected chi connectivity index (χ2v) is 5.38. The number of carbonyl (C=O) groups is 1. The van der Waals surface area contributed by atoms with Gasteiger partial charge in [0, 0.05) is 18.5 Å². The van der Waals surface area contributed by atoms with Gasteiger partial charge in [0.25, 0.3) is 0 Å². The number of rotatable bonds is 2. The van der Waals surface area contributed by atoms with Gasteiger partial charge in [-0.15, -0.1) is 0 Å². The third-order valence-corrected chi connectivity index (χ3v) is 3.94. The fourth-order valence-electron chi connectivity index (χ4n) is 2.68. The van der Waals surface area contributed by atoms with Crippen LogP contribution in [0.3, 0.4) is 0 Å². The van der Waals surface area contributed by atoms with Crippen LogP contribution < -0.4 is 4.90 Å². The van der Waals surface area contributed by atoms with Gasteiger partial charge in [0.2, 0.25) is 0 Å². The van der Waals surface area contributed by atoms with Crippen molar-refractivity contribution in [3.05, 3.63) is 35.9 Å². The van der Waals surface area contributed by atoms with Crippen molar-refractivity contribution < 1.29 is 4.79 Å². The molecule has 0 aliphatic carbocycles. The lowest BCUT2D eigenvalue weighted by atomic mass is 9.99. The number of hydrogen-bond donors (Lipinski definition) is 0. The van der Waals surface area contributed by atoms with E-state index in [0.29, 0.717) is 5.56 Å². The Morgan fingerprint density at radius 2 is 2.00 bits per heavy atom. The predicted octanol–water partition coefficient (Wildman–Crippen LogP) is 3.28. The van der Waals surface area contributed by atoms with Crippen LogP contribution in [0.25, 0.3) is 10.9 Å². The van der Waals surface area contributed by atoms with E-state index in [1.807, 2.05) is 30.3 Å². The Morgan fingerprint density at radius 3 is 2.74 bits per heavy atom. The number of fused-ring (bicyclic) bond motifs is 1. The molecule has 1 fully saturated rings. The molecule has 0 atom stereocenters. The molecule has 19 heavy (non-hydrogen) atoms. The van der Waals surface area contributed by atoms with Crippen LogP contribution in [-0.2, 0) is 0 Å². The van der Waals surface area contributed by atoms with Gasteiger partial charge in [0.1, 0.15) is 5.82 Å². The molecule has 0 spiro atoms. The summed E-state index contributed by atoms with van der Waals surface area (Å²) in [6.07, 6.45) is 3.27. The maximum atomic E-state index is 11.3. The second-order valence-electron chi connectivity index (χ2n) is 5.38. The fourth-order valence-corrected chi connectivity index (χ4v) is 2.68. The quantitative estimate of drug-likeness (QED) is 0.771. The van der Waals surface area contributed by atoms with Gasteiger partial charge >= 0.3 is 0 Å². The number of aldehydes is 1. The zero-order valence-electron chi connectivity index (χ0n) is 11.2. The number of hydrogen-bond acceptors (Lipinski definition) is 3. The standard InChI is InChI=1S/C16H18N2O/c1-12-6-8-18(9-7-12)16-14(11-19)10-13-4-2-3-5-15(13)17-16/h2-5,10-12H,6-9H2,1H3. The fraction of sp³-hybridized carbons (Fsp3) is 0.375. The average Bonchev–Trinajstić information content (AvgIpc) is 2.46. The Balaban J connectivity index is 2.03. The maximum Gasteiger partial charge on any atom is 0.153 e. The highest BCUT2D eigenvalue weighted by Gasteiger charge is 2.19. The Hall–Kier alpha value is -1.90. The number of piperidine rings is 1. The van der Waals surface area contributed by atoms with Crippen LogP contribution in [0.4, 0.5) is 5.82 Å². The summed E-state index contributed by atoms with van der Waals surface area (Å²) in [6, 6.07) is 9.90. The predicted molar refractivity (Wildman–Crippen MR) is 77.7 cm³/mol. The smallest absolute Gasteiger partial charge is 0.153 e. The van der Waals surface area contributed by atoms with Crippen LogP contribution in [0, 0.1) is 5.92 Å².